The van der Waals surface area contributed by atoms with Crippen molar-refractivity contribution < 1.29 is 26.4 Å². The number of anilines is 1. The Hall–Kier alpha value is -2.31. The molecule has 3 rings (SSSR count). The van der Waals surface area contributed by atoms with Crippen molar-refractivity contribution in [1.82, 2.24) is 9.31 Å². The fourth-order valence-electron chi connectivity index (χ4n) is 3.14. The number of rotatable bonds is 5. The fourth-order valence-corrected chi connectivity index (χ4v) is 5.78. The lowest BCUT2D eigenvalue weighted by Crippen LogP contribution is -2.42. The molecule has 0 aliphatic carbocycles. The van der Waals surface area contributed by atoms with Gasteiger partial charge in [-0.15, -0.1) is 0 Å². The molecule has 0 saturated carbocycles. The average Bonchev–Trinajstić information content (AvgIpc) is 3.01. The molecule has 12 heteroatoms. The third-order valence-corrected chi connectivity index (χ3v) is 8.31. The van der Waals surface area contributed by atoms with Gasteiger partial charge in [-0.1, -0.05) is 6.07 Å². The predicted octanol–water partition coefficient (Wildman–Crippen LogP) is 0.0409. The lowest BCUT2D eigenvalue weighted by atomic mass is 10.1. The minimum atomic E-state index is -3.66. The van der Waals surface area contributed by atoms with Crippen LogP contribution in [0.5, 0.6) is 0 Å². The van der Waals surface area contributed by atoms with Gasteiger partial charge in [0, 0.05) is 32.6 Å². The molecule has 0 radical (unpaired) electrons. The molecule has 10 nitrogen and oxygen atoms in total. The summed E-state index contributed by atoms with van der Waals surface area (Å²) in [4.78, 5) is 24.8. The third kappa shape index (κ3) is 4.65. The van der Waals surface area contributed by atoms with E-state index >= 15 is 0 Å². The van der Waals surface area contributed by atoms with E-state index in [1.165, 1.54) is 32.3 Å². The van der Waals surface area contributed by atoms with Gasteiger partial charge in [0.25, 0.3) is 5.91 Å². The number of carbonyl (C=O) groups excluding carboxylic acids is 2. The highest BCUT2D eigenvalue weighted by atomic mass is 32.2. The first-order valence-corrected chi connectivity index (χ1v) is 12.2. The Morgan fingerprint density at radius 1 is 1.28 bits per heavy atom. The van der Waals surface area contributed by atoms with Crippen molar-refractivity contribution >= 4 is 43.1 Å². The van der Waals surface area contributed by atoms with Crippen LogP contribution in [0.4, 0.5) is 5.69 Å². The molecule has 1 N–H and O–H groups in total. The summed E-state index contributed by atoms with van der Waals surface area (Å²) in [7, 11) is -4.04. The molecule has 1 saturated heterocycles. The minimum Gasteiger partial charge on any atom is -0.321 e. The van der Waals surface area contributed by atoms with E-state index in [9.17, 15) is 26.4 Å². The Bertz CT molecular complexity index is 1080. The van der Waals surface area contributed by atoms with Crippen LogP contribution in [-0.4, -0.2) is 75.3 Å². The molecular formula is C17H22N4O6S2. The molecule has 29 heavy (non-hydrogen) atoms. The number of sulfonamides is 1. The topological polar surface area (TPSA) is 133 Å². The number of amides is 2. The lowest BCUT2D eigenvalue weighted by Gasteiger charge is -2.27. The number of carbonyl (C=O) groups is 2. The van der Waals surface area contributed by atoms with Gasteiger partial charge in [0.05, 0.1) is 22.4 Å². The van der Waals surface area contributed by atoms with Crippen LogP contribution in [0.3, 0.4) is 0 Å². The summed E-state index contributed by atoms with van der Waals surface area (Å²) >= 11 is 0. The molecule has 2 aliphatic heterocycles. The Labute approximate surface area is 169 Å². The largest absolute Gasteiger partial charge is 0.321 e. The van der Waals surface area contributed by atoms with Crippen LogP contribution in [0, 0.1) is 0 Å². The van der Waals surface area contributed by atoms with E-state index in [1.54, 1.807) is 6.07 Å². The first-order valence-electron chi connectivity index (χ1n) is 8.93. The highest BCUT2D eigenvalue weighted by molar-refractivity contribution is 7.91. The first kappa shape index (κ1) is 21.4. The Morgan fingerprint density at radius 3 is 2.62 bits per heavy atom. The monoisotopic (exact) mass is 442 g/mol. The normalized spacial score (nSPS) is 21.9. The molecular weight excluding hydrogens is 420 g/mol. The number of hydrogen-bond donors (Lipinski definition) is 1. The van der Waals surface area contributed by atoms with Crippen LogP contribution in [0.2, 0.25) is 0 Å². The van der Waals surface area contributed by atoms with Gasteiger partial charge in [-0.2, -0.15) is 5.10 Å². The summed E-state index contributed by atoms with van der Waals surface area (Å²) in [5.74, 6) is -1.06. The number of nitrogens with one attached hydrogen (secondary N) is 1. The summed E-state index contributed by atoms with van der Waals surface area (Å²) in [5, 5.41) is 7.81. The van der Waals surface area contributed by atoms with Crippen LogP contribution in [0.15, 0.2) is 34.3 Å². The second-order valence-electron chi connectivity index (χ2n) is 7.11. The molecule has 1 fully saturated rings. The van der Waals surface area contributed by atoms with Crippen molar-refractivity contribution in [2.24, 2.45) is 5.10 Å². The third-order valence-electron chi connectivity index (χ3n) is 4.75. The maximum Gasteiger partial charge on any atom is 0.271 e. The average molecular weight is 443 g/mol. The molecule has 0 aromatic heterocycles. The first-order chi connectivity index (χ1) is 13.5. The number of hydrazone groups is 1. The van der Waals surface area contributed by atoms with Crippen molar-refractivity contribution in [1.29, 1.82) is 0 Å². The van der Waals surface area contributed by atoms with Crippen LogP contribution in [0.25, 0.3) is 0 Å². The molecule has 0 unspecified atom stereocenters. The van der Waals surface area contributed by atoms with Gasteiger partial charge in [0.2, 0.25) is 15.9 Å². The Morgan fingerprint density at radius 2 is 2.00 bits per heavy atom. The molecule has 1 aromatic rings. The smallest absolute Gasteiger partial charge is 0.271 e. The zero-order valence-electron chi connectivity index (χ0n) is 16.0. The summed E-state index contributed by atoms with van der Waals surface area (Å²) in [5.41, 5.74) is 0.363. The van der Waals surface area contributed by atoms with Crippen LogP contribution in [-0.2, 0) is 29.4 Å². The lowest BCUT2D eigenvalue weighted by molar-refractivity contribution is -0.133. The van der Waals surface area contributed by atoms with Crippen molar-refractivity contribution in [3.63, 3.8) is 0 Å². The van der Waals surface area contributed by atoms with E-state index in [1.807, 2.05) is 0 Å². The number of nitrogens with zero attached hydrogens (tertiary/aromatic N) is 3. The van der Waals surface area contributed by atoms with E-state index < -0.39 is 31.8 Å². The summed E-state index contributed by atoms with van der Waals surface area (Å²) < 4.78 is 48.9. The number of hydrogen-bond acceptors (Lipinski definition) is 7. The maximum absolute atomic E-state index is 12.6. The molecule has 1 atom stereocenters. The van der Waals surface area contributed by atoms with Crippen LogP contribution < -0.4 is 5.32 Å². The van der Waals surface area contributed by atoms with Gasteiger partial charge >= 0.3 is 0 Å². The van der Waals surface area contributed by atoms with Crippen LogP contribution >= 0.6 is 0 Å². The van der Waals surface area contributed by atoms with E-state index in [0.29, 0.717) is 0 Å². The SMILES string of the molecule is CN(C)S(=O)(=O)c1cccc(NC(=O)C2=NN([C@H]3CCS(=O)(=O)C3)C(=O)CC2)c1. The summed E-state index contributed by atoms with van der Waals surface area (Å²) in [6.07, 6.45) is 0.463. The van der Waals surface area contributed by atoms with Gasteiger partial charge in [0.15, 0.2) is 9.84 Å². The zero-order valence-corrected chi connectivity index (χ0v) is 17.7. The number of sulfone groups is 1. The molecule has 1 aromatic carbocycles. The molecule has 158 valence electrons. The van der Waals surface area contributed by atoms with E-state index in [2.05, 4.69) is 10.4 Å². The molecule has 2 amide bonds. The Balaban J connectivity index is 1.79. The van der Waals surface area contributed by atoms with E-state index in [0.717, 1.165) is 9.31 Å². The molecule has 0 bridgehead atoms. The highest BCUT2D eigenvalue weighted by Gasteiger charge is 2.37. The second-order valence-corrected chi connectivity index (χ2v) is 11.5. The van der Waals surface area contributed by atoms with E-state index in [4.69, 9.17) is 0 Å². The summed E-state index contributed by atoms with van der Waals surface area (Å²) in [6, 6.07) is 5.24. The van der Waals surface area contributed by atoms with Crippen molar-refractivity contribution in [3.05, 3.63) is 24.3 Å². The second kappa shape index (κ2) is 7.84. The standard InChI is InChI=1S/C17H22N4O6S2/c1-20(2)29(26,27)14-5-3-4-12(10-14)18-17(23)15-6-7-16(22)21(19-15)13-8-9-28(24,25)11-13/h3-5,10,13H,6-9,11H2,1-2H3,(H,18,23)/t13-/m0/s1. The van der Waals surface area contributed by atoms with Gasteiger partial charge in [-0.05, 0) is 24.6 Å². The number of benzene rings is 1. The van der Waals surface area contributed by atoms with Gasteiger partial charge in [-0.25, -0.2) is 26.1 Å². The van der Waals surface area contributed by atoms with Crippen molar-refractivity contribution in [2.45, 2.75) is 30.2 Å². The van der Waals surface area contributed by atoms with Crippen molar-refractivity contribution in [2.75, 3.05) is 30.9 Å². The minimum absolute atomic E-state index is 0.00830. The van der Waals surface area contributed by atoms with Gasteiger partial charge in [-0.3, -0.25) is 9.59 Å². The fraction of sp³-hybridized carbons (Fsp3) is 0.471. The maximum atomic E-state index is 12.6. The molecule has 2 aliphatic rings. The molecule has 2 heterocycles. The van der Waals surface area contributed by atoms with Crippen molar-refractivity contribution in [3.8, 4) is 0 Å². The van der Waals surface area contributed by atoms with E-state index in [-0.39, 0.29) is 53.0 Å². The van der Waals surface area contributed by atoms with Crippen LogP contribution in [0.1, 0.15) is 19.3 Å². The summed E-state index contributed by atoms with van der Waals surface area (Å²) in [6.45, 7) is 0. The molecule has 0 spiro atoms. The highest BCUT2D eigenvalue weighted by Crippen LogP contribution is 2.23. The van der Waals surface area contributed by atoms with Gasteiger partial charge < -0.3 is 5.32 Å². The Kier molecular flexibility index (Phi) is 5.79. The quantitative estimate of drug-likeness (QED) is 0.684. The zero-order chi connectivity index (χ0) is 21.4. The predicted molar refractivity (Wildman–Crippen MR) is 107 cm³/mol. The van der Waals surface area contributed by atoms with Gasteiger partial charge in [0.1, 0.15) is 5.71 Å².